The van der Waals surface area contributed by atoms with Gasteiger partial charge >= 0.3 is 0 Å². The number of rotatable bonds is 3. The second-order valence-electron chi connectivity index (χ2n) is 4.14. The summed E-state index contributed by atoms with van der Waals surface area (Å²) >= 11 is 1.68. The van der Waals surface area contributed by atoms with Crippen LogP contribution in [-0.2, 0) is 6.61 Å². The summed E-state index contributed by atoms with van der Waals surface area (Å²) in [6.45, 7) is 0.563. The Morgan fingerprint density at radius 2 is 1.84 bits per heavy atom. The largest absolute Gasteiger partial charge is 0.487 e. The van der Waals surface area contributed by atoms with Crippen LogP contribution in [-0.4, -0.2) is 0 Å². The molecule has 92 valence electrons. The van der Waals surface area contributed by atoms with Crippen LogP contribution in [0.1, 0.15) is 10.4 Å². The van der Waals surface area contributed by atoms with E-state index >= 15 is 0 Å². The first-order valence-corrected chi connectivity index (χ1v) is 6.83. The van der Waals surface area contributed by atoms with Gasteiger partial charge < -0.3 is 4.74 Å². The van der Waals surface area contributed by atoms with E-state index in [1.54, 1.807) is 11.3 Å². The number of hydrogen-bond acceptors (Lipinski definition) is 3. The number of nitrogens with zero attached hydrogens (tertiary/aromatic N) is 1. The minimum absolute atomic E-state index is 0.563. The molecule has 2 nitrogen and oxygen atoms in total. The predicted molar refractivity (Wildman–Crippen MR) is 77.3 cm³/mol. The van der Waals surface area contributed by atoms with Crippen molar-refractivity contribution in [1.29, 1.82) is 5.26 Å². The molecule has 0 atom stereocenters. The van der Waals surface area contributed by atoms with Crippen LogP contribution < -0.4 is 4.74 Å². The quantitative estimate of drug-likeness (QED) is 0.705. The molecule has 0 aliphatic heterocycles. The highest BCUT2D eigenvalue weighted by molar-refractivity contribution is 7.09. The highest BCUT2D eigenvalue weighted by atomic mass is 32.1. The van der Waals surface area contributed by atoms with Gasteiger partial charge in [0.1, 0.15) is 12.4 Å². The maximum atomic E-state index is 9.12. The maximum Gasteiger partial charge on any atom is 0.127 e. The van der Waals surface area contributed by atoms with Gasteiger partial charge in [0, 0.05) is 15.6 Å². The lowest BCUT2D eigenvalue weighted by Crippen LogP contribution is -1.94. The fourth-order valence-electron chi connectivity index (χ4n) is 2.04. The second-order valence-corrected chi connectivity index (χ2v) is 5.17. The zero-order valence-electron chi connectivity index (χ0n) is 10.2. The van der Waals surface area contributed by atoms with Gasteiger partial charge in [-0.05, 0) is 23.6 Å². The Morgan fingerprint density at radius 1 is 1.00 bits per heavy atom. The van der Waals surface area contributed by atoms with Gasteiger partial charge in [-0.2, -0.15) is 5.26 Å². The summed E-state index contributed by atoms with van der Waals surface area (Å²) in [5, 5.41) is 13.1. The number of hydrogen-bond donors (Lipinski definition) is 0. The minimum Gasteiger partial charge on any atom is -0.487 e. The van der Waals surface area contributed by atoms with Gasteiger partial charge in [0.05, 0.1) is 11.6 Å². The normalized spacial score (nSPS) is 10.3. The van der Waals surface area contributed by atoms with Gasteiger partial charge in [-0.3, -0.25) is 0 Å². The average molecular weight is 265 g/mol. The summed E-state index contributed by atoms with van der Waals surface area (Å²) in [6.07, 6.45) is 0. The van der Waals surface area contributed by atoms with Crippen molar-refractivity contribution in [3.05, 3.63) is 64.4 Å². The van der Waals surface area contributed by atoms with Crippen molar-refractivity contribution in [3.63, 3.8) is 0 Å². The molecule has 1 heterocycles. The van der Waals surface area contributed by atoms with E-state index in [0.29, 0.717) is 12.2 Å². The molecule has 0 N–H and O–H groups in total. The predicted octanol–water partition coefficient (Wildman–Crippen LogP) is 4.35. The van der Waals surface area contributed by atoms with Crippen LogP contribution in [0.25, 0.3) is 10.8 Å². The van der Waals surface area contributed by atoms with E-state index in [1.807, 2.05) is 47.8 Å². The molecule has 0 saturated heterocycles. The Balaban J connectivity index is 1.98. The molecule has 0 amide bonds. The number of thiophene rings is 1. The maximum absolute atomic E-state index is 9.12. The summed E-state index contributed by atoms with van der Waals surface area (Å²) in [7, 11) is 0. The number of ether oxygens (including phenoxy) is 1. The lowest BCUT2D eigenvalue weighted by Gasteiger charge is -2.09. The number of nitriles is 1. The molecule has 0 aliphatic rings. The first-order valence-electron chi connectivity index (χ1n) is 5.95. The van der Waals surface area contributed by atoms with Crippen LogP contribution in [0, 0.1) is 11.3 Å². The Hall–Kier alpha value is -2.31. The van der Waals surface area contributed by atoms with Crippen LogP contribution in [0.4, 0.5) is 0 Å². The average Bonchev–Trinajstić information content (AvgIpc) is 2.98. The molecular formula is C16H11NOS. The van der Waals surface area contributed by atoms with Crippen LogP contribution in [0.5, 0.6) is 5.75 Å². The molecule has 0 bridgehead atoms. The van der Waals surface area contributed by atoms with Gasteiger partial charge in [-0.25, -0.2) is 0 Å². The van der Waals surface area contributed by atoms with Crippen molar-refractivity contribution in [3.8, 4) is 11.8 Å². The van der Waals surface area contributed by atoms with Crippen molar-refractivity contribution >= 4 is 22.1 Å². The molecule has 0 fully saturated rings. The van der Waals surface area contributed by atoms with Crippen molar-refractivity contribution in [2.24, 2.45) is 0 Å². The third-order valence-corrected chi connectivity index (χ3v) is 3.80. The summed E-state index contributed by atoms with van der Waals surface area (Å²) in [5.41, 5.74) is 0.680. The zero-order chi connectivity index (χ0) is 13.1. The molecule has 3 rings (SSSR count). The molecule has 3 heteroatoms. The summed E-state index contributed by atoms with van der Waals surface area (Å²) in [5.74, 6) is 0.822. The monoisotopic (exact) mass is 265 g/mol. The minimum atomic E-state index is 0.563. The van der Waals surface area contributed by atoms with Gasteiger partial charge in [-0.1, -0.05) is 30.3 Å². The highest BCUT2D eigenvalue weighted by Crippen LogP contribution is 2.29. The number of benzene rings is 2. The topological polar surface area (TPSA) is 33.0 Å². The lowest BCUT2D eigenvalue weighted by atomic mass is 10.0. The molecule has 0 radical (unpaired) electrons. The fourth-order valence-corrected chi connectivity index (χ4v) is 2.65. The Kier molecular flexibility index (Phi) is 3.18. The summed E-state index contributed by atoms with van der Waals surface area (Å²) in [6, 6.07) is 17.8. The first kappa shape index (κ1) is 11.8. The second kappa shape index (κ2) is 5.13. The SMILES string of the molecule is N#Cc1ccc(OCc2cccs2)c2ccccc12. The smallest absolute Gasteiger partial charge is 0.127 e. The van der Waals surface area contributed by atoms with Gasteiger partial charge in [0.2, 0.25) is 0 Å². The van der Waals surface area contributed by atoms with Gasteiger partial charge in [-0.15, -0.1) is 11.3 Å². The highest BCUT2D eigenvalue weighted by Gasteiger charge is 2.06. The number of fused-ring (bicyclic) bond motifs is 1. The van der Waals surface area contributed by atoms with Crippen LogP contribution >= 0.6 is 11.3 Å². The molecule has 2 aromatic carbocycles. The Morgan fingerprint density at radius 3 is 2.58 bits per heavy atom. The Bertz CT molecular complexity index is 741. The third-order valence-electron chi connectivity index (χ3n) is 2.95. The molecule has 3 aromatic rings. The molecule has 1 aromatic heterocycles. The van der Waals surface area contributed by atoms with Crippen molar-refractivity contribution in [2.75, 3.05) is 0 Å². The molecule has 0 unspecified atom stereocenters. The first-order chi connectivity index (χ1) is 9.38. The van der Waals surface area contributed by atoms with Crippen molar-refractivity contribution in [1.82, 2.24) is 0 Å². The zero-order valence-corrected chi connectivity index (χ0v) is 11.0. The van der Waals surface area contributed by atoms with Gasteiger partial charge in [0.15, 0.2) is 0 Å². The summed E-state index contributed by atoms with van der Waals surface area (Å²) < 4.78 is 5.86. The van der Waals surface area contributed by atoms with Crippen LogP contribution in [0.3, 0.4) is 0 Å². The van der Waals surface area contributed by atoms with Crippen LogP contribution in [0.15, 0.2) is 53.9 Å². The van der Waals surface area contributed by atoms with Gasteiger partial charge in [0.25, 0.3) is 0 Å². The molecule has 0 saturated carbocycles. The molecular weight excluding hydrogens is 254 g/mol. The standard InChI is InChI=1S/C16H11NOS/c17-10-12-7-8-16(15-6-2-1-5-14(12)15)18-11-13-4-3-9-19-13/h1-9H,11H2. The van der Waals surface area contributed by atoms with E-state index in [0.717, 1.165) is 16.5 Å². The third kappa shape index (κ3) is 2.31. The van der Waals surface area contributed by atoms with E-state index in [4.69, 9.17) is 10.00 Å². The van der Waals surface area contributed by atoms with Crippen LogP contribution in [0.2, 0.25) is 0 Å². The van der Waals surface area contributed by atoms with E-state index in [2.05, 4.69) is 12.1 Å². The van der Waals surface area contributed by atoms with E-state index in [-0.39, 0.29) is 0 Å². The molecule has 19 heavy (non-hydrogen) atoms. The lowest BCUT2D eigenvalue weighted by molar-refractivity contribution is 0.313. The van der Waals surface area contributed by atoms with Crippen molar-refractivity contribution < 1.29 is 4.74 Å². The molecule has 0 spiro atoms. The fraction of sp³-hybridized carbons (Fsp3) is 0.0625. The van der Waals surface area contributed by atoms with E-state index in [1.165, 1.54) is 4.88 Å². The summed E-state index contributed by atoms with van der Waals surface area (Å²) in [4.78, 5) is 1.19. The molecule has 0 aliphatic carbocycles. The van der Waals surface area contributed by atoms with E-state index in [9.17, 15) is 0 Å². The Labute approximate surface area is 115 Å². The van der Waals surface area contributed by atoms with Crippen molar-refractivity contribution in [2.45, 2.75) is 6.61 Å². The van der Waals surface area contributed by atoms with E-state index < -0.39 is 0 Å².